The minimum Gasteiger partial charge on any atom is -0.338 e. The zero-order valence-electron chi connectivity index (χ0n) is 12.4. The van der Waals surface area contributed by atoms with Crippen LogP contribution in [0.5, 0.6) is 0 Å². The molecule has 6 heteroatoms. The van der Waals surface area contributed by atoms with Gasteiger partial charge in [0.1, 0.15) is 0 Å². The first kappa shape index (κ1) is 14.4. The van der Waals surface area contributed by atoms with Gasteiger partial charge in [0, 0.05) is 12.6 Å². The van der Waals surface area contributed by atoms with E-state index in [1.54, 1.807) is 0 Å². The predicted octanol–water partition coefficient (Wildman–Crippen LogP) is 0.876. The molecule has 6 nitrogen and oxygen atoms in total. The molecule has 0 saturated carbocycles. The molecule has 0 spiro atoms. The molecular formula is C13H25N5O. The SMILES string of the molecule is CC(C)NCc1nc(C2CN(C)CCCN2C)no1. The highest BCUT2D eigenvalue weighted by atomic mass is 16.5. The fourth-order valence-corrected chi connectivity index (χ4v) is 2.32. The molecule has 0 aromatic carbocycles. The number of likely N-dealkylation sites (N-methyl/N-ethyl adjacent to an activating group) is 2. The molecule has 1 fully saturated rings. The zero-order chi connectivity index (χ0) is 13.8. The van der Waals surface area contributed by atoms with Crippen molar-refractivity contribution < 1.29 is 4.52 Å². The smallest absolute Gasteiger partial charge is 0.240 e. The predicted molar refractivity (Wildman–Crippen MR) is 73.8 cm³/mol. The van der Waals surface area contributed by atoms with Crippen LogP contribution in [0, 0.1) is 0 Å². The molecule has 1 unspecified atom stereocenters. The Morgan fingerprint density at radius 2 is 2.16 bits per heavy atom. The van der Waals surface area contributed by atoms with Crippen molar-refractivity contribution >= 4 is 0 Å². The van der Waals surface area contributed by atoms with Gasteiger partial charge >= 0.3 is 0 Å². The summed E-state index contributed by atoms with van der Waals surface area (Å²) in [6.45, 7) is 7.99. The summed E-state index contributed by atoms with van der Waals surface area (Å²) in [5.41, 5.74) is 0. The first-order valence-electron chi connectivity index (χ1n) is 7.01. The molecule has 2 heterocycles. The van der Waals surface area contributed by atoms with Gasteiger partial charge in [-0.15, -0.1) is 0 Å². The number of hydrogen-bond donors (Lipinski definition) is 1. The Bertz CT molecular complexity index is 392. The molecule has 1 N–H and O–H groups in total. The summed E-state index contributed by atoms with van der Waals surface area (Å²) in [6.07, 6.45) is 1.18. The molecule has 108 valence electrons. The molecule has 1 aromatic rings. The van der Waals surface area contributed by atoms with Crippen LogP contribution in [0.3, 0.4) is 0 Å². The molecule has 1 saturated heterocycles. The second-order valence-electron chi connectivity index (χ2n) is 5.69. The summed E-state index contributed by atoms with van der Waals surface area (Å²) in [5, 5.41) is 7.44. The Balaban J connectivity index is 2.03. The highest BCUT2D eigenvalue weighted by Crippen LogP contribution is 2.20. The number of aromatic nitrogens is 2. The van der Waals surface area contributed by atoms with Crippen LogP contribution in [0.2, 0.25) is 0 Å². The van der Waals surface area contributed by atoms with Gasteiger partial charge in [-0.25, -0.2) is 0 Å². The summed E-state index contributed by atoms with van der Waals surface area (Å²) < 4.78 is 5.32. The van der Waals surface area contributed by atoms with Gasteiger partial charge in [-0.1, -0.05) is 19.0 Å². The highest BCUT2D eigenvalue weighted by molar-refractivity contribution is 4.97. The lowest BCUT2D eigenvalue weighted by Crippen LogP contribution is -2.31. The van der Waals surface area contributed by atoms with Gasteiger partial charge in [0.2, 0.25) is 5.89 Å². The van der Waals surface area contributed by atoms with Crippen molar-refractivity contribution in [2.24, 2.45) is 0 Å². The third kappa shape index (κ3) is 3.99. The third-order valence-electron chi connectivity index (χ3n) is 3.51. The fourth-order valence-electron chi connectivity index (χ4n) is 2.32. The third-order valence-corrected chi connectivity index (χ3v) is 3.51. The van der Waals surface area contributed by atoms with Crippen molar-refractivity contribution in [2.45, 2.75) is 38.9 Å². The van der Waals surface area contributed by atoms with Crippen molar-refractivity contribution in [2.75, 3.05) is 33.7 Å². The first-order chi connectivity index (χ1) is 9.06. The van der Waals surface area contributed by atoms with Crippen molar-refractivity contribution in [3.8, 4) is 0 Å². The molecule has 1 atom stereocenters. The maximum absolute atomic E-state index is 5.32. The van der Waals surface area contributed by atoms with Crippen molar-refractivity contribution in [3.63, 3.8) is 0 Å². The average molecular weight is 267 g/mol. The van der Waals surface area contributed by atoms with E-state index in [0.29, 0.717) is 18.5 Å². The van der Waals surface area contributed by atoms with E-state index in [0.717, 1.165) is 25.5 Å². The largest absolute Gasteiger partial charge is 0.338 e. The van der Waals surface area contributed by atoms with E-state index in [4.69, 9.17) is 4.52 Å². The molecule has 19 heavy (non-hydrogen) atoms. The Kier molecular flexibility index (Phi) is 4.90. The van der Waals surface area contributed by atoms with Crippen molar-refractivity contribution in [1.82, 2.24) is 25.3 Å². The van der Waals surface area contributed by atoms with Gasteiger partial charge in [0.05, 0.1) is 12.6 Å². The Labute approximate surface area is 115 Å². The monoisotopic (exact) mass is 267 g/mol. The molecule has 0 amide bonds. The van der Waals surface area contributed by atoms with Gasteiger partial charge in [-0.2, -0.15) is 4.98 Å². The van der Waals surface area contributed by atoms with Crippen LogP contribution in [-0.2, 0) is 6.54 Å². The van der Waals surface area contributed by atoms with Crippen LogP contribution in [0.25, 0.3) is 0 Å². The number of nitrogens with zero attached hydrogens (tertiary/aromatic N) is 4. The second-order valence-corrected chi connectivity index (χ2v) is 5.69. The fraction of sp³-hybridized carbons (Fsp3) is 0.846. The maximum Gasteiger partial charge on any atom is 0.240 e. The van der Waals surface area contributed by atoms with Crippen LogP contribution < -0.4 is 5.32 Å². The van der Waals surface area contributed by atoms with E-state index in [1.807, 2.05) is 0 Å². The van der Waals surface area contributed by atoms with Crippen LogP contribution in [0.15, 0.2) is 4.52 Å². The van der Waals surface area contributed by atoms with Crippen LogP contribution in [0.1, 0.15) is 38.0 Å². The average Bonchev–Trinajstić information content (AvgIpc) is 2.75. The van der Waals surface area contributed by atoms with Crippen molar-refractivity contribution in [3.05, 3.63) is 11.7 Å². The van der Waals surface area contributed by atoms with Crippen LogP contribution in [-0.4, -0.2) is 59.7 Å². The first-order valence-corrected chi connectivity index (χ1v) is 7.01. The zero-order valence-corrected chi connectivity index (χ0v) is 12.4. The van der Waals surface area contributed by atoms with Gasteiger partial charge in [0.15, 0.2) is 5.82 Å². The van der Waals surface area contributed by atoms with Crippen LogP contribution >= 0.6 is 0 Å². The summed E-state index contributed by atoms with van der Waals surface area (Å²) in [4.78, 5) is 9.17. The lowest BCUT2D eigenvalue weighted by Gasteiger charge is -2.24. The molecule has 2 rings (SSSR count). The molecule has 0 aliphatic carbocycles. The van der Waals surface area contributed by atoms with E-state index in [2.05, 4.69) is 53.2 Å². The molecule has 1 aliphatic rings. The highest BCUT2D eigenvalue weighted by Gasteiger charge is 2.26. The van der Waals surface area contributed by atoms with Crippen LogP contribution in [0.4, 0.5) is 0 Å². The van der Waals surface area contributed by atoms with Crippen molar-refractivity contribution in [1.29, 1.82) is 0 Å². The van der Waals surface area contributed by atoms with E-state index >= 15 is 0 Å². The number of rotatable bonds is 4. The Morgan fingerprint density at radius 1 is 1.37 bits per heavy atom. The number of hydrogen-bond acceptors (Lipinski definition) is 6. The maximum atomic E-state index is 5.32. The quantitative estimate of drug-likeness (QED) is 0.874. The Morgan fingerprint density at radius 3 is 2.89 bits per heavy atom. The molecule has 0 bridgehead atoms. The topological polar surface area (TPSA) is 57.4 Å². The number of nitrogens with one attached hydrogen (secondary N) is 1. The minimum atomic E-state index is 0.226. The van der Waals surface area contributed by atoms with E-state index < -0.39 is 0 Å². The van der Waals surface area contributed by atoms with E-state index in [-0.39, 0.29) is 6.04 Å². The summed E-state index contributed by atoms with van der Waals surface area (Å²) in [7, 11) is 4.28. The second kappa shape index (κ2) is 6.45. The molecule has 1 aliphatic heterocycles. The molecular weight excluding hydrogens is 242 g/mol. The summed E-state index contributed by atoms with van der Waals surface area (Å²) >= 11 is 0. The molecule has 0 radical (unpaired) electrons. The summed E-state index contributed by atoms with van der Waals surface area (Å²) in [6, 6.07) is 0.645. The van der Waals surface area contributed by atoms with Gasteiger partial charge < -0.3 is 14.7 Å². The normalized spacial score (nSPS) is 22.9. The molecule has 1 aromatic heterocycles. The summed E-state index contributed by atoms with van der Waals surface area (Å²) in [5.74, 6) is 1.47. The van der Waals surface area contributed by atoms with E-state index in [9.17, 15) is 0 Å². The van der Waals surface area contributed by atoms with Gasteiger partial charge in [-0.3, -0.25) is 4.90 Å². The standard InChI is InChI=1S/C13H25N5O/c1-10(2)14-8-12-15-13(16-19-12)11-9-17(3)6-5-7-18(11)4/h10-11,14H,5-9H2,1-4H3. The van der Waals surface area contributed by atoms with E-state index in [1.165, 1.54) is 6.42 Å². The lowest BCUT2D eigenvalue weighted by molar-refractivity contribution is 0.214. The van der Waals surface area contributed by atoms with Gasteiger partial charge in [0.25, 0.3) is 0 Å². The Hall–Kier alpha value is -0.980. The minimum absolute atomic E-state index is 0.226. The lowest BCUT2D eigenvalue weighted by atomic mass is 10.2. The van der Waals surface area contributed by atoms with Gasteiger partial charge in [-0.05, 0) is 33.6 Å².